The fraction of sp³-hybridized carbons (Fsp3) is 0.316. The number of halogens is 1. The van der Waals surface area contributed by atoms with Crippen molar-refractivity contribution in [1.29, 1.82) is 0 Å². The van der Waals surface area contributed by atoms with Crippen LogP contribution in [0.4, 0.5) is 0 Å². The summed E-state index contributed by atoms with van der Waals surface area (Å²) in [5.74, 6) is 0.934. The van der Waals surface area contributed by atoms with Crippen LogP contribution in [0.15, 0.2) is 48.5 Å². The maximum absolute atomic E-state index is 12.3. The van der Waals surface area contributed by atoms with Crippen LogP contribution in [0.25, 0.3) is 0 Å². The van der Waals surface area contributed by atoms with Crippen LogP contribution >= 0.6 is 11.6 Å². The Morgan fingerprint density at radius 1 is 1.08 bits per heavy atom. The molecule has 1 fully saturated rings. The lowest BCUT2D eigenvalue weighted by molar-refractivity contribution is -0.131. The Bertz CT molecular complexity index is 699. The molecule has 0 aliphatic carbocycles. The van der Waals surface area contributed by atoms with Gasteiger partial charge in [0.15, 0.2) is 0 Å². The monoisotopic (exact) mass is 344 g/mol. The molecule has 1 aliphatic heterocycles. The Balaban J connectivity index is 1.58. The lowest BCUT2D eigenvalue weighted by atomic mass is 10.1. The third-order valence-electron chi connectivity index (χ3n) is 4.02. The zero-order valence-corrected chi connectivity index (χ0v) is 14.3. The largest absolute Gasteiger partial charge is 0.489 e. The molecule has 0 spiro atoms. The van der Waals surface area contributed by atoms with Crippen LogP contribution in [0, 0.1) is 0 Å². The molecule has 1 amide bonds. The van der Waals surface area contributed by atoms with Crippen molar-refractivity contribution >= 4 is 17.5 Å². The van der Waals surface area contributed by atoms with Gasteiger partial charge < -0.3 is 15.0 Å². The van der Waals surface area contributed by atoms with Gasteiger partial charge in [0.2, 0.25) is 5.91 Å². The molecule has 2 aromatic carbocycles. The maximum atomic E-state index is 12.3. The summed E-state index contributed by atoms with van der Waals surface area (Å²) in [7, 11) is 0. The van der Waals surface area contributed by atoms with Crippen LogP contribution in [0.3, 0.4) is 0 Å². The number of benzene rings is 2. The number of rotatable bonds is 5. The molecule has 0 bridgehead atoms. The molecule has 0 unspecified atom stereocenters. The van der Waals surface area contributed by atoms with E-state index in [1.807, 2.05) is 53.4 Å². The fourth-order valence-electron chi connectivity index (χ4n) is 2.74. The molecule has 3 rings (SSSR count). The summed E-state index contributed by atoms with van der Waals surface area (Å²) in [6, 6.07) is 15.3. The first-order valence-electron chi connectivity index (χ1n) is 8.15. The molecule has 0 atom stereocenters. The summed E-state index contributed by atoms with van der Waals surface area (Å²) in [6.07, 6.45) is 0.411. The van der Waals surface area contributed by atoms with Gasteiger partial charge in [-0.25, -0.2) is 0 Å². The maximum Gasteiger partial charge on any atom is 0.227 e. The smallest absolute Gasteiger partial charge is 0.227 e. The van der Waals surface area contributed by atoms with E-state index in [1.165, 1.54) is 0 Å². The molecule has 24 heavy (non-hydrogen) atoms. The summed E-state index contributed by atoms with van der Waals surface area (Å²) in [4.78, 5) is 14.3. The first-order valence-corrected chi connectivity index (χ1v) is 8.53. The van der Waals surface area contributed by atoms with E-state index < -0.39 is 0 Å². The number of hydrogen-bond acceptors (Lipinski definition) is 3. The molecular formula is C19H21ClN2O2. The Kier molecular flexibility index (Phi) is 5.72. The van der Waals surface area contributed by atoms with E-state index >= 15 is 0 Å². The molecule has 1 saturated heterocycles. The molecule has 1 heterocycles. The average molecular weight is 345 g/mol. The summed E-state index contributed by atoms with van der Waals surface area (Å²) in [5, 5.41) is 3.96. The van der Waals surface area contributed by atoms with Gasteiger partial charge in [0, 0.05) is 31.2 Å². The minimum absolute atomic E-state index is 0.170. The summed E-state index contributed by atoms with van der Waals surface area (Å²) >= 11 is 5.98. The molecule has 1 aliphatic rings. The molecule has 1 N–H and O–H groups in total. The average Bonchev–Trinajstić information content (AvgIpc) is 2.61. The number of nitrogens with zero attached hydrogens (tertiary/aromatic N) is 1. The molecule has 0 aromatic heterocycles. The Labute approximate surface area is 147 Å². The van der Waals surface area contributed by atoms with Crippen molar-refractivity contribution in [2.75, 3.05) is 26.2 Å². The molecular weight excluding hydrogens is 324 g/mol. The zero-order chi connectivity index (χ0) is 16.8. The van der Waals surface area contributed by atoms with Crippen molar-refractivity contribution in [1.82, 2.24) is 10.2 Å². The summed E-state index contributed by atoms with van der Waals surface area (Å²) in [5.41, 5.74) is 1.99. The van der Waals surface area contributed by atoms with Gasteiger partial charge in [0.25, 0.3) is 0 Å². The van der Waals surface area contributed by atoms with Crippen LogP contribution in [-0.4, -0.2) is 37.0 Å². The van der Waals surface area contributed by atoms with Gasteiger partial charge >= 0.3 is 0 Å². The van der Waals surface area contributed by atoms with E-state index in [4.69, 9.17) is 16.3 Å². The molecule has 5 heteroatoms. The predicted molar refractivity (Wildman–Crippen MR) is 95.4 cm³/mol. The van der Waals surface area contributed by atoms with Crippen molar-refractivity contribution < 1.29 is 9.53 Å². The molecule has 0 radical (unpaired) electrons. The number of nitrogens with one attached hydrogen (secondary N) is 1. The Morgan fingerprint density at radius 2 is 1.83 bits per heavy atom. The second kappa shape index (κ2) is 8.18. The van der Waals surface area contributed by atoms with Crippen molar-refractivity contribution in [3.8, 4) is 5.75 Å². The van der Waals surface area contributed by atoms with Gasteiger partial charge in [-0.15, -0.1) is 0 Å². The molecule has 126 valence electrons. The third-order valence-corrected chi connectivity index (χ3v) is 4.25. The lowest BCUT2D eigenvalue weighted by Crippen LogP contribution is -2.46. The van der Waals surface area contributed by atoms with Crippen molar-refractivity contribution in [3.05, 3.63) is 64.7 Å². The number of ether oxygens (including phenoxy) is 1. The number of carbonyl (C=O) groups is 1. The van der Waals surface area contributed by atoms with Gasteiger partial charge in [-0.05, 0) is 35.4 Å². The van der Waals surface area contributed by atoms with E-state index in [1.54, 1.807) is 0 Å². The number of hydrogen-bond donors (Lipinski definition) is 1. The number of piperazine rings is 1. The van der Waals surface area contributed by atoms with E-state index in [2.05, 4.69) is 5.32 Å². The summed E-state index contributed by atoms with van der Waals surface area (Å²) in [6.45, 7) is 3.76. The summed E-state index contributed by atoms with van der Waals surface area (Å²) < 4.78 is 5.82. The normalized spacial score (nSPS) is 14.5. The van der Waals surface area contributed by atoms with E-state index in [0.29, 0.717) is 18.1 Å². The van der Waals surface area contributed by atoms with Crippen LogP contribution in [0.1, 0.15) is 11.1 Å². The van der Waals surface area contributed by atoms with Crippen molar-refractivity contribution in [2.45, 2.75) is 13.0 Å². The Hall–Kier alpha value is -2.04. The van der Waals surface area contributed by atoms with Crippen molar-refractivity contribution in [2.24, 2.45) is 0 Å². The predicted octanol–water partition coefficient (Wildman–Crippen LogP) is 2.89. The van der Waals surface area contributed by atoms with Crippen molar-refractivity contribution in [3.63, 3.8) is 0 Å². The fourth-order valence-corrected chi connectivity index (χ4v) is 2.95. The topological polar surface area (TPSA) is 41.6 Å². The molecule has 2 aromatic rings. The van der Waals surface area contributed by atoms with Crippen LogP contribution in [0.5, 0.6) is 5.75 Å². The van der Waals surface area contributed by atoms with Crippen LogP contribution in [-0.2, 0) is 17.8 Å². The highest BCUT2D eigenvalue weighted by atomic mass is 35.5. The van der Waals surface area contributed by atoms with Gasteiger partial charge in [0.05, 0.1) is 6.42 Å². The van der Waals surface area contributed by atoms with Crippen LogP contribution < -0.4 is 10.1 Å². The molecule has 4 nitrogen and oxygen atoms in total. The van der Waals surface area contributed by atoms with Gasteiger partial charge in [0.1, 0.15) is 12.4 Å². The highest BCUT2D eigenvalue weighted by Gasteiger charge is 2.16. The van der Waals surface area contributed by atoms with Gasteiger partial charge in [-0.1, -0.05) is 35.9 Å². The first-order chi connectivity index (χ1) is 11.7. The minimum Gasteiger partial charge on any atom is -0.489 e. The second-order valence-corrected chi connectivity index (χ2v) is 6.31. The zero-order valence-electron chi connectivity index (χ0n) is 13.5. The molecule has 0 saturated carbocycles. The van der Waals surface area contributed by atoms with Crippen LogP contribution in [0.2, 0.25) is 5.02 Å². The quantitative estimate of drug-likeness (QED) is 0.906. The Morgan fingerprint density at radius 3 is 2.62 bits per heavy atom. The lowest BCUT2D eigenvalue weighted by Gasteiger charge is -2.27. The third kappa shape index (κ3) is 4.73. The standard InChI is InChI=1S/C19H21ClN2O2/c20-17-5-1-4-16(11-17)14-24-18-6-2-3-15(12-18)13-19(23)22-9-7-21-8-10-22/h1-6,11-12,21H,7-10,13-14H2. The second-order valence-electron chi connectivity index (χ2n) is 5.87. The number of carbonyl (C=O) groups excluding carboxylic acids is 1. The van der Waals surface area contributed by atoms with E-state index in [9.17, 15) is 4.79 Å². The van der Waals surface area contributed by atoms with Gasteiger partial charge in [-0.2, -0.15) is 0 Å². The SMILES string of the molecule is O=C(Cc1cccc(OCc2cccc(Cl)c2)c1)N1CCNCC1. The minimum atomic E-state index is 0.170. The first kappa shape index (κ1) is 16.8. The highest BCUT2D eigenvalue weighted by Crippen LogP contribution is 2.18. The van der Waals surface area contributed by atoms with E-state index in [-0.39, 0.29) is 5.91 Å². The highest BCUT2D eigenvalue weighted by molar-refractivity contribution is 6.30. The van der Waals surface area contributed by atoms with Gasteiger partial charge in [-0.3, -0.25) is 4.79 Å². The number of amides is 1. The van der Waals surface area contributed by atoms with E-state index in [0.717, 1.165) is 43.1 Å².